The maximum Gasteiger partial charge on any atom is 0.307 e. The van der Waals surface area contributed by atoms with E-state index in [1.807, 2.05) is 0 Å². The Balaban J connectivity index is 2.49. The van der Waals surface area contributed by atoms with Gasteiger partial charge in [0.05, 0.1) is 20.1 Å². The molecule has 0 amide bonds. The molecule has 0 aliphatic rings. The molecular formula is C13H17F2NO2. The van der Waals surface area contributed by atoms with E-state index in [1.165, 1.54) is 19.2 Å². The first kappa shape index (κ1) is 14.6. The Kier molecular flexibility index (Phi) is 5.22. The number of nitrogens with one attached hydrogen (secondary N) is 1. The van der Waals surface area contributed by atoms with Gasteiger partial charge in [-0.3, -0.25) is 4.79 Å². The van der Waals surface area contributed by atoms with Gasteiger partial charge < -0.3 is 10.1 Å². The average molecular weight is 257 g/mol. The minimum absolute atomic E-state index is 0.0391. The highest BCUT2D eigenvalue weighted by molar-refractivity contribution is 5.69. The second kappa shape index (κ2) is 6.44. The van der Waals surface area contributed by atoms with Crippen LogP contribution in [0.15, 0.2) is 30.3 Å². The van der Waals surface area contributed by atoms with Gasteiger partial charge in [0.25, 0.3) is 5.92 Å². The molecule has 1 aromatic carbocycles. The van der Waals surface area contributed by atoms with Crippen LogP contribution in [-0.4, -0.2) is 25.7 Å². The fraction of sp³-hybridized carbons (Fsp3) is 0.462. The minimum Gasteiger partial charge on any atom is -0.469 e. The number of hydrogen-bond donors (Lipinski definition) is 1. The van der Waals surface area contributed by atoms with Crippen LogP contribution >= 0.6 is 0 Å². The fourth-order valence-corrected chi connectivity index (χ4v) is 1.49. The third-order valence-corrected chi connectivity index (χ3v) is 2.57. The van der Waals surface area contributed by atoms with Gasteiger partial charge in [-0.1, -0.05) is 30.3 Å². The molecule has 0 aliphatic heterocycles. The van der Waals surface area contributed by atoms with Crippen molar-refractivity contribution in [3.8, 4) is 0 Å². The number of halogens is 2. The van der Waals surface area contributed by atoms with Crippen molar-refractivity contribution in [2.24, 2.45) is 0 Å². The zero-order chi connectivity index (χ0) is 13.6. The summed E-state index contributed by atoms with van der Waals surface area (Å²) in [7, 11) is 1.27. The highest BCUT2D eigenvalue weighted by Crippen LogP contribution is 2.26. The number of methoxy groups -OCH3 is 1. The molecule has 1 unspecified atom stereocenters. The Morgan fingerprint density at radius 1 is 1.39 bits per heavy atom. The number of alkyl halides is 2. The first-order valence-corrected chi connectivity index (χ1v) is 5.69. The predicted molar refractivity (Wildman–Crippen MR) is 64.4 cm³/mol. The molecule has 1 N–H and O–H groups in total. The molecule has 0 heterocycles. The molecule has 0 saturated carbocycles. The molecule has 3 nitrogen and oxygen atoms in total. The van der Waals surface area contributed by atoms with E-state index in [4.69, 9.17) is 0 Å². The van der Waals surface area contributed by atoms with Crippen molar-refractivity contribution in [3.05, 3.63) is 35.9 Å². The lowest BCUT2D eigenvalue weighted by Gasteiger charge is -2.20. The first-order chi connectivity index (χ1) is 8.45. The molecule has 0 aliphatic carbocycles. The first-order valence-electron chi connectivity index (χ1n) is 5.69. The lowest BCUT2D eigenvalue weighted by molar-refractivity contribution is -0.141. The van der Waals surface area contributed by atoms with Crippen LogP contribution in [0.25, 0.3) is 0 Å². The van der Waals surface area contributed by atoms with Crippen molar-refractivity contribution in [1.82, 2.24) is 5.32 Å². The van der Waals surface area contributed by atoms with Gasteiger partial charge in [-0.2, -0.15) is 8.78 Å². The standard InChI is InChI=1S/C13H17F2NO2/c1-10(8-12(17)18-2)16-9-13(14,15)11-6-4-3-5-7-11/h3-7,10,16H,8-9H2,1-2H3. The maximum atomic E-state index is 13.8. The van der Waals surface area contributed by atoms with E-state index in [0.717, 1.165) is 0 Å². The van der Waals surface area contributed by atoms with E-state index in [2.05, 4.69) is 10.1 Å². The van der Waals surface area contributed by atoms with Gasteiger partial charge >= 0.3 is 5.97 Å². The van der Waals surface area contributed by atoms with Crippen LogP contribution in [0.1, 0.15) is 18.9 Å². The normalized spacial score (nSPS) is 13.1. The molecule has 100 valence electrons. The summed E-state index contributed by atoms with van der Waals surface area (Å²) in [5.74, 6) is -3.37. The second-order valence-corrected chi connectivity index (χ2v) is 4.13. The summed E-state index contributed by atoms with van der Waals surface area (Å²) in [5, 5.41) is 2.64. The molecule has 0 saturated heterocycles. The summed E-state index contributed by atoms with van der Waals surface area (Å²) >= 11 is 0. The lowest BCUT2D eigenvalue weighted by atomic mass is 10.1. The quantitative estimate of drug-likeness (QED) is 0.795. The summed E-state index contributed by atoms with van der Waals surface area (Å²) in [5.41, 5.74) is -0.0391. The van der Waals surface area contributed by atoms with Crippen molar-refractivity contribution < 1.29 is 18.3 Å². The van der Waals surface area contributed by atoms with Crippen LogP contribution in [0.3, 0.4) is 0 Å². The number of hydrogen-bond acceptors (Lipinski definition) is 3. The summed E-state index contributed by atoms with van der Waals surface area (Å²) in [6.45, 7) is 1.16. The summed E-state index contributed by atoms with van der Waals surface area (Å²) in [4.78, 5) is 11.0. The van der Waals surface area contributed by atoms with E-state index in [-0.39, 0.29) is 18.0 Å². The average Bonchev–Trinajstić information content (AvgIpc) is 2.37. The van der Waals surface area contributed by atoms with Gasteiger partial charge in [-0.05, 0) is 6.92 Å². The van der Waals surface area contributed by atoms with Crippen LogP contribution < -0.4 is 5.32 Å². The highest BCUT2D eigenvalue weighted by atomic mass is 19.3. The van der Waals surface area contributed by atoms with Crippen molar-refractivity contribution >= 4 is 5.97 Å². The zero-order valence-corrected chi connectivity index (χ0v) is 10.5. The Bertz CT molecular complexity index is 382. The van der Waals surface area contributed by atoms with Crippen molar-refractivity contribution in [2.75, 3.05) is 13.7 Å². The van der Waals surface area contributed by atoms with Crippen LogP contribution in [0, 0.1) is 0 Å². The number of carbonyl (C=O) groups excluding carboxylic acids is 1. The van der Waals surface area contributed by atoms with E-state index in [9.17, 15) is 13.6 Å². The number of benzene rings is 1. The highest BCUT2D eigenvalue weighted by Gasteiger charge is 2.31. The summed E-state index contributed by atoms with van der Waals surface area (Å²) in [6, 6.07) is 7.24. The van der Waals surface area contributed by atoms with E-state index >= 15 is 0 Å². The van der Waals surface area contributed by atoms with Gasteiger partial charge in [0.15, 0.2) is 0 Å². The van der Waals surface area contributed by atoms with Crippen molar-refractivity contribution in [3.63, 3.8) is 0 Å². The van der Waals surface area contributed by atoms with E-state index in [0.29, 0.717) is 0 Å². The van der Waals surface area contributed by atoms with E-state index in [1.54, 1.807) is 25.1 Å². The lowest BCUT2D eigenvalue weighted by Crippen LogP contribution is -2.37. The molecule has 0 bridgehead atoms. The molecule has 0 spiro atoms. The van der Waals surface area contributed by atoms with Gasteiger partial charge in [0.1, 0.15) is 0 Å². The molecular weight excluding hydrogens is 240 g/mol. The zero-order valence-electron chi connectivity index (χ0n) is 10.5. The fourth-order valence-electron chi connectivity index (χ4n) is 1.49. The molecule has 0 radical (unpaired) electrons. The Labute approximate surface area is 105 Å². The summed E-state index contributed by atoms with van der Waals surface area (Å²) < 4.78 is 32.0. The number of carbonyl (C=O) groups is 1. The molecule has 5 heteroatoms. The molecule has 1 atom stereocenters. The monoisotopic (exact) mass is 257 g/mol. The second-order valence-electron chi connectivity index (χ2n) is 4.13. The molecule has 18 heavy (non-hydrogen) atoms. The number of rotatable bonds is 6. The topological polar surface area (TPSA) is 38.3 Å². The van der Waals surface area contributed by atoms with Crippen molar-refractivity contribution in [2.45, 2.75) is 25.3 Å². The molecule has 1 rings (SSSR count). The maximum absolute atomic E-state index is 13.8. The third-order valence-electron chi connectivity index (χ3n) is 2.57. The van der Waals surface area contributed by atoms with Crippen LogP contribution in [-0.2, 0) is 15.5 Å². The Morgan fingerprint density at radius 3 is 2.56 bits per heavy atom. The van der Waals surface area contributed by atoms with Gasteiger partial charge in [-0.25, -0.2) is 0 Å². The van der Waals surface area contributed by atoms with Crippen LogP contribution in [0.5, 0.6) is 0 Å². The van der Waals surface area contributed by atoms with Gasteiger partial charge in [0.2, 0.25) is 0 Å². The Morgan fingerprint density at radius 2 is 2.00 bits per heavy atom. The number of esters is 1. The summed E-state index contributed by atoms with van der Waals surface area (Å²) in [6.07, 6.45) is 0.0708. The number of ether oxygens (including phenoxy) is 1. The van der Waals surface area contributed by atoms with Gasteiger partial charge in [0, 0.05) is 11.6 Å². The van der Waals surface area contributed by atoms with E-state index < -0.39 is 18.4 Å². The smallest absolute Gasteiger partial charge is 0.307 e. The third kappa shape index (κ3) is 4.41. The SMILES string of the molecule is COC(=O)CC(C)NCC(F)(F)c1ccccc1. The largest absolute Gasteiger partial charge is 0.469 e. The molecule has 0 aromatic heterocycles. The van der Waals surface area contributed by atoms with Gasteiger partial charge in [-0.15, -0.1) is 0 Å². The predicted octanol–water partition coefficient (Wildman–Crippen LogP) is 2.32. The Hall–Kier alpha value is -1.49. The van der Waals surface area contributed by atoms with Crippen molar-refractivity contribution in [1.29, 1.82) is 0 Å². The van der Waals surface area contributed by atoms with Crippen LogP contribution in [0.2, 0.25) is 0 Å². The molecule has 1 aromatic rings. The molecule has 0 fully saturated rings. The van der Waals surface area contributed by atoms with Crippen LogP contribution in [0.4, 0.5) is 8.78 Å². The minimum atomic E-state index is -2.95.